The summed E-state index contributed by atoms with van der Waals surface area (Å²) in [5.41, 5.74) is 9.80. The van der Waals surface area contributed by atoms with E-state index in [2.05, 4.69) is 0 Å². The zero-order valence-electron chi connectivity index (χ0n) is 6.47. The Hall–Kier alpha value is -0.0400. The van der Waals surface area contributed by atoms with Gasteiger partial charge in [0.15, 0.2) is 0 Å². The lowest BCUT2D eigenvalue weighted by molar-refractivity contribution is 0.251. The molecule has 0 aromatic heterocycles. The second-order valence-corrected chi connectivity index (χ2v) is 3.94. The molecule has 2 rings (SSSR count). The van der Waals surface area contributed by atoms with E-state index in [0.29, 0.717) is 5.92 Å². The molecular weight excluding hydrogens is 122 g/mol. The van der Waals surface area contributed by atoms with Crippen LogP contribution in [-0.4, -0.2) is 5.54 Å². The van der Waals surface area contributed by atoms with Crippen LogP contribution in [0.1, 0.15) is 44.9 Å². The molecule has 2 fully saturated rings. The van der Waals surface area contributed by atoms with Crippen LogP contribution >= 0.6 is 0 Å². The van der Waals surface area contributed by atoms with Gasteiger partial charge in [0.05, 0.1) is 5.54 Å². The first-order valence-corrected chi connectivity index (χ1v) is 4.54. The summed E-state index contributed by atoms with van der Waals surface area (Å²) < 4.78 is 0. The average Bonchev–Trinajstić information content (AvgIpc) is 2.69. The molecule has 1 heteroatoms. The van der Waals surface area contributed by atoms with Crippen molar-refractivity contribution in [1.29, 1.82) is 0 Å². The minimum Gasteiger partial charge on any atom is -0.137 e. The topological polar surface area (TPSA) is 22.3 Å². The highest BCUT2D eigenvalue weighted by atomic mass is 14.8. The summed E-state index contributed by atoms with van der Waals surface area (Å²) in [5, 5.41) is 0. The number of hydrogen-bond donors (Lipinski definition) is 0. The van der Waals surface area contributed by atoms with Crippen LogP contribution in [0, 0.1) is 5.92 Å². The van der Waals surface area contributed by atoms with E-state index < -0.39 is 0 Å². The summed E-state index contributed by atoms with van der Waals surface area (Å²) in [5.74, 6) is 0.688. The molecule has 0 heterocycles. The predicted molar refractivity (Wildman–Crippen MR) is 40.7 cm³/mol. The fourth-order valence-corrected chi connectivity index (χ4v) is 2.19. The van der Waals surface area contributed by atoms with E-state index in [0.717, 1.165) is 12.8 Å². The summed E-state index contributed by atoms with van der Waals surface area (Å²) in [6.45, 7) is 0. The van der Waals surface area contributed by atoms with Crippen LogP contribution in [0.25, 0.3) is 0 Å². The zero-order valence-corrected chi connectivity index (χ0v) is 6.47. The van der Waals surface area contributed by atoms with Gasteiger partial charge >= 0.3 is 0 Å². The van der Waals surface area contributed by atoms with Crippen molar-refractivity contribution in [3.8, 4) is 0 Å². The van der Waals surface area contributed by atoms with Gasteiger partial charge in [-0.15, -0.1) is 5.73 Å². The Morgan fingerprint density at radius 3 is 2.10 bits per heavy atom. The summed E-state index contributed by atoms with van der Waals surface area (Å²) in [6, 6.07) is 0. The minimum absolute atomic E-state index is 0.210. The van der Waals surface area contributed by atoms with Crippen molar-refractivity contribution in [3.05, 3.63) is 0 Å². The van der Waals surface area contributed by atoms with Crippen LogP contribution in [0.3, 0.4) is 0 Å². The van der Waals surface area contributed by atoms with Gasteiger partial charge in [-0.05, 0) is 31.6 Å². The van der Waals surface area contributed by atoms with Gasteiger partial charge < -0.3 is 0 Å². The van der Waals surface area contributed by atoms with E-state index in [4.69, 9.17) is 0 Å². The van der Waals surface area contributed by atoms with Crippen LogP contribution in [0.15, 0.2) is 0 Å². The Balaban J connectivity index is 1.97. The quantitative estimate of drug-likeness (QED) is 0.528. The molecule has 10 heavy (non-hydrogen) atoms. The monoisotopic (exact) mass is 137 g/mol. The highest BCUT2D eigenvalue weighted by Gasteiger charge is 2.44. The Labute approximate surface area is 63.0 Å². The maximum absolute atomic E-state index is 10.0. The second-order valence-electron chi connectivity index (χ2n) is 3.94. The van der Waals surface area contributed by atoms with Crippen molar-refractivity contribution < 1.29 is 0 Å². The fourth-order valence-electron chi connectivity index (χ4n) is 2.19. The van der Waals surface area contributed by atoms with Gasteiger partial charge in [0.1, 0.15) is 0 Å². The first-order chi connectivity index (χ1) is 4.81. The van der Waals surface area contributed by atoms with E-state index in [-0.39, 0.29) is 5.54 Å². The van der Waals surface area contributed by atoms with E-state index in [1.54, 1.807) is 0 Å². The molecule has 2 aliphatic rings. The van der Waals surface area contributed by atoms with Gasteiger partial charge in [0.25, 0.3) is 0 Å². The highest BCUT2D eigenvalue weighted by Crippen LogP contribution is 2.46. The summed E-state index contributed by atoms with van der Waals surface area (Å²) in [4.78, 5) is 0. The third kappa shape index (κ3) is 1.07. The molecular formula is C9H15N. The third-order valence-corrected chi connectivity index (χ3v) is 3.06. The molecule has 0 N–H and O–H groups in total. The normalized spacial score (nSPS) is 32.1. The van der Waals surface area contributed by atoms with Crippen molar-refractivity contribution in [3.63, 3.8) is 0 Å². The molecule has 0 amide bonds. The van der Waals surface area contributed by atoms with Gasteiger partial charge in [-0.3, -0.25) is 0 Å². The van der Waals surface area contributed by atoms with Gasteiger partial charge in [0, 0.05) is 0 Å². The molecule has 2 saturated carbocycles. The Kier molecular flexibility index (Phi) is 1.48. The van der Waals surface area contributed by atoms with Crippen molar-refractivity contribution in [1.82, 2.24) is 5.73 Å². The van der Waals surface area contributed by atoms with Crippen LogP contribution in [-0.2, 0) is 0 Å². The van der Waals surface area contributed by atoms with Crippen LogP contribution < -0.4 is 5.73 Å². The number of nitrogens with zero attached hydrogens (tertiary/aromatic N) is 1. The minimum atomic E-state index is -0.210. The lowest BCUT2D eigenvalue weighted by Crippen LogP contribution is -2.35. The Bertz CT molecular complexity index is 121. The third-order valence-electron chi connectivity index (χ3n) is 3.06. The van der Waals surface area contributed by atoms with Crippen LogP contribution in [0.2, 0.25) is 0 Å². The maximum atomic E-state index is 10.0. The number of rotatable bonds is 1. The lowest BCUT2D eigenvalue weighted by Gasteiger charge is -2.30. The molecule has 0 atom stereocenters. The predicted octanol–water partition coefficient (Wildman–Crippen LogP) is 2.17. The van der Waals surface area contributed by atoms with E-state index in [9.17, 15) is 5.73 Å². The van der Waals surface area contributed by atoms with E-state index in [1.807, 2.05) is 0 Å². The highest BCUT2D eigenvalue weighted by molar-refractivity contribution is 4.99. The standard InChI is InChI=1S/C9H15N/c10-9(8-4-5-8)6-2-1-3-7-9/h8H,1-7H2. The molecule has 56 valence electrons. The smallest absolute Gasteiger partial charge is 0.0571 e. The van der Waals surface area contributed by atoms with Crippen molar-refractivity contribution >= 4 is 0 Å². The first-order valence-electron chi connectivity index (χ1n) is 4.54. The van der Waals surface area contributed by atoms with Crippen molar-refractivity contribution in [2.24, 2.45) is 5.92 Å². The summed E-state index contributed by atoms with van der Waals surface area (Å²) >= 11 is 0. The molecule has 0 aliphatic heterocycles. The van der Waals surface area contributed by atoms with Crippen LogP contribution in [0.5, 0.6) is 0 Å². The number of hydrogen-bond acceptors (Lipinski definition) is 0. The van der Waals surface area contributed by atoms with Gasteiger partial charge in [-0.25, -0.2) is 0 Å². The van der Waals surface area contributed by atoms with Crippen molar-refractivity contribution in [2.45, 2.75) is 50.5 Å². The van der Waals surface area contributed by atoms with Gasteiger partial charge in [-0.1, -0.05) is 19.3 Å². The molecule has 0 aromatic carbocycles. The van der Waals surface area contributed by atoms with Crippen molar-refractivity contribution in [2.75, 3.05) is 0 Å². The molecule has 1 nitrogen and oxygen atoms in total. The van der Waals surface area contributed by atoms with Gasteiger partial charge in [-0.2, -0.15) is 0 Å². The summed E-state index contributed by atoms with van der Waals surface area (Å²) in [7, 11) is 0. The largest absolute Gasteiger partial charge is 0.137 e. The molecule has 2 radical (unpaired) electrons. The lowest BCUT2D eigenvalue weighted by atomic mass is 9.79. The molecule has 0 bridgehead atoms. The zero-order chi connectivity index (χ0) is 7.03. The van der Waals surface area contributed by atoms with E-state index >= 15 is 0 Å². The average molecular weight is 137 g/mol. The van der Waals surface area contributed by atoms with E-state index in [1.165, 1.54) is 32.1 Å². The molecule has 2 aliphatic carbocycles. The fraction of sp³-hybridized carbons (Fsp3) is 1.00. The Morgan fingerprint density at radius 2 is 1.60 bits per heavy atom. The molecule has 0 unspecified atom stereocenters. The molecule has 0 aromatic rings. The molecule has 0 spiro atoms. The SMILES string of the molecule is [N]C1(C2CC2)CCCCC1. The second kappa shape index (κ2) is 2.23. The Morgan fingerprint density at radius 1 is 1.00 bits per heavy atom. The van der Waals surface area contributed by atoms with Gasteiger partial charge in [0.2, 0.25) is 0 Å². The first kappa shape index (κ1) is 6.66. The molecule has 0 saturated heterocycles. The maximum Gasteiger partial charge on any atom is 0.0571 e. The summed E-state index contributed by atoms with van der Waals surface area (Å²) in [6.07, 6.45) is 8.59. The van der Waals surface area contributed by atoms with Crippen LogP contribution in [0.4, 0.5) is 0 Å².